The van der Waals surface area contributed by atoms with Crippen LogP contribution in [0, 0.1) is 5.92 Å². The third-order valence-corrected chi connectivity index (χ3v) is 3.23. The lowest BCUT2D eigenvalue weighted by Crippen LogP contribution is -2.39. The molecule has 0 bridgehead atoms. The van der Waals surface area contributed by atoms with E-state index in [1.807, 2.05) is 0 Å². The Morgan fingerprint density at radius 1 is 1.24 bits per heavy atom. The lowest BCUT2D eigenvalue weighted by atomic mass is 10.1. The molecule has 1 aromatic rings. The number of nitrogens with one attached hydrogen (secondary N) is 2. The number of urea groups is 1. The van der Waals surface area contributed by atoms with Crippen LogP contribution in [-0.2, 0) is 4.79 Å². The highest BCUT2D eigenvalue weighted by atomic mass is 16.3. The minimum atomic E-state index is -0.536. The van der Waals surface area contributed by atoms with E-state index in [1.54, 1.807) is 52.2 Å². The van der Waals surface area contributed by atoms with Gasteiger partial charge in [-0.2, -0.15) is 0 Å². The summed E-state index contributed by atoms with van der Waals surface area (Å²) in [5, 5.41) is 14.7. The fourth-order valence-electron chi connectivity index (χ4n) is 1.89. The monoisotopic (exact) mass is 293 g/mol. The normalized spacial score (nSPS) is 13.2. The molecule has 2 atom stereocenters. The van der Waals surface area contributed by atoms with Gasteiger partial charge >= 0.3 is 6.03 Å². The third kappa shape index (κ3) is 5.07. The second-order valence-corrected chi connectivity index (χ2v) is 5.12. The molecule has 1 aromatic carbocycles. The van der Waals surface area contributed by atoms with Crippen LogP contribution in [0.4, 0.5) is 10.5 Å². The second-order valence-electron chi connectivity index (χ2n) is 5.12. The van der Waals surface area contributed by atoms with Gasteiger partial charge in [0, 0.05) is 26.3 Å². The summed E-state index contributed by atoms with van der Waals surface area (Å²) in [6.07, 6.45) is -0.536. The van der Waals surface area contributed by atoms with Gasteiger partial charge in [0.05, 0.1) is 12.0 Å². The number of benzene rings is 1. The van der Waals surface area contributed by atoms with Crippen LogP contribution in [0.3, 0.4) is 0 Å². The molecular formula is C15H23N3O3. The van der Waals surface area contributed by atoms with E-state index in [0.29, 0.717) is 12.2 Å². The number of carbonyl (C=O) groups excluding carboxylic acids is 2. The summed E-state index contributed by atoms with van der Waals surface area (Å²) in [5.74, 6) is -0.376. The molecule has 0 aliphatic rings. The number of amides is 3. The molecule has 0 spiro atoms. The van der Waals surface area contributed by atoms with E-state index in [1.165, 1.54) is 4.90 Å². The van der Waals surface area contributed by atoms with Crippen molar-refractivity contribution in [3.8, 4) is 0 Å². The van der Waals surface area contributed by atoms with Crippen LogP contribution < -0.4 is 10.6 Å². The molecule has 3 N–H and O–H groups in total. The molecule has 0 saturated heterocycles. The molecule has 0 aromatic heterocycles. The first-order chi connectivity index (χ1) is 9.85. The van der Waals surface area contributed by atoms with Crippen molar-refractivity contribution in [2.45, 2.75) is 20.0 Å². The van der Waals surface area contributed by atoms with Gasteiger partial charge < -0.3 is 20.6 Å². The fraction of sp³-hybridized carbons (Fsp3) is 0.467. The highest BCUT2D eigenvalue weighted by molar-refractivity contribution is 5.89. The van der Waals surface area contributed by atoms with Crippen molar-refractivity contribution in [2.24, 2.45) is 5.92 Å². The number of hydrogen-bond acceptors (Lipinski definition) is 3. The Hall–Kier alpha value is -2.08. The molecular weight excluding hydrogens is 270 g/mol. The maximum absolute atomic E-state index is 12.0. The van der Waals surface area contributed by atoms with E-state index in [4.69, 9.17) is 0 Å². The van der Waals surface area contributed by atoms with Gasteiger partial charge in [0.15, 0.2) is 0 Å². The average Bonchev–Trinajstić information content (AvgIpc) is 2.46. The van der Waals surface area contributed by atoms with Gasteiger partial charge in [-0.25, -0.2) is 4.79 Å². The molecule has 0 aliphatic carbocycles. The molecule has 3 amide bonds. The van der Waals surface area contributed by atoms with Gasteiger partial charge in [0.2, 0.25) is 5.91 Å². The summed E-state index contributed by atoms with van der Waals surface area (Å²) < 4.78 is 0. The molecule has 0 fully saturated rings. The van der Waals surface area contributed by atoms with Crippen molar-refractivity contribution in [3.05, 3.63) is 29.8 Å². The van der Waals surface area contributed by atoms with Crippen LogP contribution in [0.2, 0.25) is 0 Å². The molecule has 0 radical (unpaired) electrons. The highest BCUT2D eigenvalue weighted by Gasteiger charge is 2.17. The van der Waals surface area contributed by atoms with Crippen LogP contribution in [0.1, 0.15) is 25.5 Å². The summed E-state index contributed by atoms with van der Waals surface area (Å²) in [4.78, 5) is 24.9. The zero-order valence-electron chi connectivity index (χ0n) is 12.9. The van der Waals surface area contributed by atoms with Crippen LogP contribution >= 0.6 is 0 Å². The Bertz CT molecular complexity index is 485. The smallest absolute Gasteiger partial charge is 0.321 e. The van der Waals surface area contributed by atoms with Gasteiger partial charge in [-0.05, 0) is 24.6 Å². The zero-order valence-corrected chi connectivity index (χ0v) is 12.9. The third-order valence-electron chi connectivity index (χ3n) is 3.23. The SMILES string of the molecule is CNC(=O)C(C)CN(C)C(=O)Nc1ccc(C(C)O)cc1. The summed E-state index contributed by atoms with van der Waals surface area (Å²) in [6, 6.07) is 6.70. The maximum Gasteiger partial charge on any atom is 0.321 e. The van der Waals surface area contributed by atoms with E-state index in [-0.39, 0.29) is 17.9 Å². The molecule has 6 heteroatoms. The zero-order chi connectivity index (χ0) is 16.0. The first-order valence-electron chi connectivity index (χ1n) is 6.87. The van der Waals surface area contributed by atoms with E-state index in [2.05, 4.69) is 10.6 Å². The van der Waals surface area contributed by atoms with Crippen molar-refractivity contribution >= 4 is 17.6 Å². The molecule has 0 aliphatic heterocycles. The molecule has 6 nitrogen and oxygen atoms in total. The van der Waals surface area contributed by atoms with Gasteiger partial charge in [-0.1, -0.05) is 19.1 Å². The summed E-state index contributed by atoms with van der Waals surface area (Å²) in [6.45, 7) is 3.78. The van der Waals surface area contributed by atoms with E-state index >= 15 is 0 Å². The van der Waals surface area contributed by atoms with Gasteiger partial charge in [0.25, 0.3) is 0 Å². The lowest BCUT2D eigenvalue weighted by Gasteiger charge is -2.21. The molecule has 2 unspecified atom stereocenters. The second kappa shape index (κ2) is 7.64. The topological polar surface area (TPSA) is 81.7 Å². The van der Waals surface area contributed by atoms with E-state index in [0.717, 1.165) is 5.56 Å². The minimum Gasteiger partial charge on any atom is -0.389 e. The lowest BCUT2D eigenvalue weighted by molar-refractivity contribution is -0.124. The molecule has 0 heterocycles. The Kier molecular flexibility index (Phi) is 6.17. The van der Waals surface area contributed by atoms with Crippen LogP contribution in [0.25, 0.3) is 0 Å². The van der Waals surface area contributed by atoms with Crippen LogP contribution in [0.15, 0.2) is 24.3 Å². The number of carbonyl (C=O) groups is 2. The predicted octanol–water partition coefficient (Wildman–Crippen LogP) is 1.59. The number of aliphatic hydroxyl groups excluding tert-OH is 1. The van der Waals surface area contributed by atoms with E-state index < -0.39 is 6.10 Å². The summed E-state index contributed by atoms with van der Waals surface area (Å²) in [7, 11) is 3.21. The minimum absolute atomic E-state index is 0.101. The first-order valence-corrected chi connectivity index (χ1v) is 6.87. The number of aliphatic hydroxyl groups is 1. The fourth-order valence-corrected chi connectivity index (χ4v) is 1.89. The molecule has 0 saturated carbocycles. The largest absolute Gasteiger partial charge is 0.389 e. The number of hydrogen-bond donors (Lipinski definition) is 3. The van der Waals surface area contributed by atoms with Gasteiger partial charge in [-0.15, -0.1) is 0 Å². The van der Waals surface area contributed by atoms with Crippen molar-refractivity contribution in [1.82, 2.24) is 10.2 Å². The Labute approximate surface area is 125 Å². The highest BCUT2D eigenvalue weighted by Crippen LogP contribution is 2.16. The molecule has 1 rings (SSSR count). The van der Waals surface area contributed by atoms with Crippen LogP contribution in [0.5, 0.6) is 0 Å². The van der Waals surface area contributed by atoms with Crippen molar-refractivity contribution < 1.29 is 14.7 Å². The van der Waals surface area contributed by atoms with Crippen LogP contribution in [-0.4, -0.2) is 42.6 Å². The van der Waals surface area contributed by atoms with E-state index in [9.17, 15) is 14.7 Å². The van der Waals surface area contributed by atoms with Gasteiger partial charge in [0.1, 0.15) is 0 Å². The Balaban J connectivity index is 2.57. The standard InChI is InChI=1S/C15H23N3O3/c1-10(14(20)16-3)9-18(4)15(21)17-13-7-5-12(6-8-13)11(2)19/h5-8,10-11,19H,9H2,1-4H3,(H,16,20)(H,17,21). The van der Waals surface area contributed by atoms with Crippen molar-refractivity contribution in [2.75, 3.05) is 26.0 Å². The summed E-state index contributed by atoms with van der Waals surface area (Å²) >= 11 is 0. The summed E-state index contributed by atoms with van der Waals surface area (Å²) in [5.41, 5.74) is 1.43. The Morgan fingerprint density at radius 2 is 1.81 bits per heavy atom. The van der Waals surface area contributed by atoms with Crippen molar-refractivity contribution in [1.29, 1.82) is 0 Å². The number of anilines is 1. The molecule has 21 heavy (non-hydrogen) atoms. The first kappa shape index (κ1) is 17.0. The predicted molar refractivity (Wildman–Crippen MR) is 82.0 cm³/mol. The number of nitrogens with zero attached hydrogens (tertiary/aromatic N) is 1. The van der Waals surface area contributed by atoms with Gasteiger partial charge in [-0.3, -0.25) is 4.79 Å². The Morgan fingerprint density at radius 3 is 2.29 bits per heavy atom. The maximum atomic E-state index is 12.0. The van der Waals surface area contributed by atoms with Crippen molar-refractivity contribution in [3.63, 3.8) is 0 Å². The average molecular weight is 293 g/mol. The quantitative estimate of drug-likeness (QED) is 0.771. The number of rotatable bonds is 5. The molecule has 116 valence electrons.